The van der Waals surface area contributed by atoms with E-state index in [2.05, 4.69) is 4.98 Å². The molecule has 22 heavy (non-hydrogen) atoms. The van der Waals surface area contributed by atoms with E-state index < -0.39 is 0 Å². The smallest absolute Gasteiger partial charge is 0.255 e. The highest BCUT2D eigenvalue weighted by atomic mass is 16.5. The summed E-state index contributed by atoms with van der Waals surface area (Å²) in [5, 5.41) is 0. The maximum atomic E-state index is 12.6. The number of aryl methyl sites for hydroxylation is 1. The van der Waals surface area contributed by atoms with Crippen LogP contribution in [-0.4, -0.2) is 54.8 Å². The van der Waals surface area contributed by atoms with Crippen molar-refractivity contribution in [1.29, 1.82) is 0 Å². The van der Waals surface area contributed by atoms with Crippen molar-refractivity contribution in [3.8, 4) is 0 Å². The number of aromatic nitrogens is 1. The predicted octanol–water partition coefficient (Wildman–Crippen LogP) is 2.05. The zero-order chi connectivity index (χ0) is 15.6. The van der Waals surface area contributed by atoms with Crippen molar-refractivity contribution in [2.45, 2.75) is 31.8 Å². The van der Waals surface area contributed by atoms with Crippen molar-refractivity contribution in [2.75, 3.05) is 33.4 Å². The van der Waals surface area contributed by atoms with Crippen molar-refractivity contribution in [3.05, 3.63) is 29.6 Å². The van der Waals surface area contributed by atoms with Crippen molar-refractivity contribution >= 4 is 5.91 Å². The Bertz CT molecular complexity index is 531. The number of nitrogens with zero attached hydrogens (tertiary/aromatic N) is 2. The molecule has 5 heteroatoms. The second-order valence-electron chi connectivity index (χ2n) is 6.51. The SMILES string of the molecule is COCC[C@@H]1CO[C@@]2(CCN(C(=O)c3ccc(C)nc3)C2)C1. The highest BCUT2D eigenvalue weighted by molar-refractivity contribution is 5.94. The second kappa shape index (κ2) is 6.34. The van der Waals surface area contributed by atoms with Gasteiger partial charge in [-0.15, -0.1) is 0 Å². The first-order valence-corrected chi connectivity index (χ1v) is 7.97. The van der Waals surface area contributed by atoms with Gasteiger partial charge in [-0.3, -0.25) is 9.78 Å². The molecule has 120 valence electrons. The Morgan fingerprint density at radius 2 is 2.41 bits per heavy atom. The van der Waals surface area contributed by atoms with Crippen LogP contribution in [0.3, 0.4) is 0 Å². The number of hydrogen-bond donors (Lipinski definition) is 0. The fraction of sp³-hybridized carbons (Fsp3) is 0.647. The highest BCUT2D eigenvalue weighted by Crippen LogP contribution is 2.39. The van der Waals surface area contributed by atoms with Gasteiger partial charge in [0.2, 0.25) is 0 Å². The first-order chi connectivity index (χ1) is 10.6. The van der Waals surface area contributed by atoms with E-state index in [4.69, 9.17) is 9.47 Å². The normalized spacial score (nSPS) is 27.7. The predicted molar refractivity (Wildman–Crippen MR) is 82.8 cm³/mol. The molecule has 2 saturated heterocycles. The molecular formula is C17H24N2O3. The summed E-state index contributed by atoms with van der Waals surface area (Å²) >= 11 is 0. The Hall–Kier alpha value is -1.46. The minimum absolute atomic E-state index is 0.0633. The maximum absolute atomic E-state index is 12.6. The lowest BCUT2D eigenvalue weighted by molar-refractivity contribution is 0.0113. The molecule has 0 bridgehead atoms. The zero-order valence-electron chi connectivity index (χ0n) is 13.4. The summed E-state index contributed by atoms with van der Waals surface area (Å²) < 4.78 is 11.2. The van der Waals surface area contributed by atoms with Crippen molar-refractivity contribution in [2.24, 2.45) is 5.92 Å². The molecule has 1 amide bonds. The molecule has 3 heterocycles. The molecule has 1 spiro atoms. The van der Waals surface area contributed by atoms with E-state index in [9.17, 15) is 4.79 Å². The van der Waals surface area contributed by atoms with Crippen molar-refractivity contribution in [1.82, 2.24) is 9.88 Å². The summed E-state index contributed by atoms with van der Waals surface area (Å²) in [7, 11) is 1.73. The van der Waals surface area contributed by atoms with Gasteiger partial charge in [0.25, 0.3) is 5.91 Å². The van der Waals surface area contributed by atoms with Crippen LogP contribution >= 0.6 is 0 Å². The molecule has 5 nitrogen and oxygen atoms in total. The fourth-order valence-corrected chi connectivity index (χ4v) is 3.49. The molecule has 0 radical (unpaired) electrons. The number of likely N-dealkylation sites (tertiary alicyclic amines) is 1. The molecule has 0 saturated carbocycles. The minimum atomic E-state index is -0.133. The molecule has 2 fully saturated rings. The number of rotatable bonds is 4. The van der Waals surface area contributed by atoms with Crippen LogP contribution in [0.15, 0.2) is 18.3 Å². The third-order valence-corrected chi connectivity index (χ3v) is 4.78. The van der Waals surface area contributed by atoms with Crippen LogP contribution in [0.2, 0.25) is 0 Å². The standard InChI is InChI=1S/C17H24N2O3/c1-13-3-4-15(10-18-13)16(20)19-7-6-17(12-19)9-14(11-22-17)5-8-21-2/h3-4,10,14H,5-9,11-12H2,1-2H3/t14-,17-/m0/s1. The van der Waals surface area contributed by atoms with Gasteiger partial charge in [0.15, 0.2) is 0 Å². The Balaban J connectivity index is 1.60. The lowest BCUT2D eigenvalue weighted by Gasteiger charge is -2.23. The van der Waals surface area contributed by atoms with Crippen molar-refractivity contribution in [3.63, 3.8) is 0 Å². The first kappa shape index (κ1) is 15.4. The average Bonchev–Trinajstić information content (AvgIpc) is 3.13. The Morgan fingerprint density at radius 3 is 3.14 bits per heavy atom. The molecule has 0 aromatic carbocycles. The quantitative estimate of drug-likeness (QED) is 0.854. The number of carbonyl (C=O) groups excluding carboxylic acids is 1. The third-order valence-electron chi connectivity index (χ3n) is 4.78. The average molecular weight is 304 g/mol. The van der Waals surface area contributed by atoms with Crippen LogP contribution in [0.1, 0.15) is 35.3 Å². The van der Waals surface area contributed by atoms with Crippen LogP contribution in [0.5, 0.6) is 0 Å². The van der Waals surface area contributed by atoms with E-state index in [1.807, 2.05) is 24.0 Å². The monoisotopic (exact) mass is 304 g/mol. The van der Waals surface area contributed by atoms with E-state index in [1.54, 1.807) is 13.3 Å². The number of ether oxygens (including phenoxy) is 2. The fourth-order valence-electron chi connectivity index (χ4n) is 3.49. The summed E-state index contributed by atoms with van der Waals surface area (Å²) in [6, 6.07) is 3.73. The maximum Gasteiger partial charge on any atom is 0.255 e. The molecule has 3 rings (SSSR count). The number of pyridine rings is 1. The van der Waals surface area contributed by atoms with E-state index in [-0.39, 0.29) is 11.5 Å². The minimum Gasteiger partial charge on any atom is -0.385 e. The number of methoxy groups -OCH3 is 1. The Labute approximate surface area is 131 Å². The van der Waals surface area contributed by atoms with E-state index in [0.717, 1.165) is 44.7 Å². The molecule has 2 aliphatic rings. The topological polar surface area (TPSA) is 51.7 Å². The molecule has 0 N–H and O–H groups in total. The lowest BCUT2D eigenvalue weighted by Crippen LogP contribution is -2.35. The van der Waals surface area contributed by atoms with E-state index in [0.29, 0.717) is 18.0 Å². The van der Waals surface area contributed by atoms with Crippen LogP contribution < -0.4 is 0 Å². The second-order valence-corrected chi connectivity index (χ2v) is 6.51. The van der Waals surface area contributed by atoms with Crippen LogP contribution in [0, 0.1) is 12.8 Å². The summed E-state index contributed by atoms with van der Waals surface area (Å²) in [4.78, 5) is 18.7. The van der Waals surface area contributed by atoms with Crippen LogP contribution in [-0.2, 0) is 9.47 Å². The van der Waals surface area contributed by atoms with Crippen LogP contribution in [0.4, 0.5) is 0 Å². The van der Waals surface area contributed by atoms with Gasteiger partial charge >= 0.3 is 0 Å². The van der Waals surface area contributed by atoms with Gasteiger partial charge < -0.3 is 14.4 Å². The summed E-state index contributed by atoms with van der Waals surface area (Å²) in [6.45, 7) is 4.96. The Kier molecular flexibility index (Phi) is 4.45. The summed E-state index contributed by atoms with van der Waals surface area (Å²) in [5.41, 5.74) is 1.46. The molecule has 2 aliphatic heterocycles. The lowest BCUT2D eigenvalue weighted by atomic mass is 9.92. The summed E-state index contributed by atoms with van der Waals surface area (Å²) in [6.07, 6.45) is 4.67. The molecule has 1 aromatic rings. The molecule has 0 unspecified atom stereocenters. The first-order valence-electron chi connectivity index (χ1n) is 7.97. The van der Waals surface area contributed by atoms with Crippen molar-refractivity contribution < 1.29 is 14.3 Å². The van der Waals surface area contributed by atoms with Gasteiger partial charge in [-0.1, -0.05) is 0 Å². The molecule has 0 aliphatic carbocycles. The van der Waals surface area contributed by atoms with Gasteiger partial charge in [-0.2, -0.15) is 0 Å². The van der Waals surface area contributed by atoms with Crippen LogP contribution in [0.25, 0.3) is 0 Å². The zero-order valence-corrected chi connectivity index (χ0v) is 13.4. The van der Waals surface area contributed by atoms with Gasteiger partial charge in [-0.05, 0) is 44.2 Å². The number of amides is 1. The highest BCUT2D eigenvalue weighted by Gasteiger charge is 2.46. The Morgan fingerprint density at radius 1 is 1.55 bits per heavy atom. The molecule has 1 aromatic heterocycles. The molecular weight excluding hydrogens is 280 g/mol. The molecule has 2 atom stereocenters. The van der Waals surface area contributed by atoms with E-state index in [1.165, 1.54) is 0 Å². The third kappa shape index (κ3) is 3.15. The van der Waals surface area contributed by atoms with Gasteiger partial charge in [0.1, 0.15) is 0 Å². The van der Waals surface area contributed by atoms with E-state index >= 15 is 0 Å². The van der Waals surface area contributed by atoms with Gasteiger partial charge in [0, 0.05) is 32.2 Å². The summed E-state index contributed by atoms with van der Waals surface area (Å²) in [5.74, 6) is 0.615. The van der Waals surface area contributed by atoms with Gasteiger partial charge in [0.05, 0.1) is 24.3 Å². The number of carbonyl (C=O) groups is 1. The number of hydrogen-bond acceptors (Lipinski definition) is 4. The largest absolute Gasteiger partial charge is 0.385 e. The van der Waals surface area contributed by atoms with Gasteiger partial charge in [-0.25, -0.2) is 0 Å².